The molecule has 0 fully saturated rings. The van der Waals surface area contributed by atoms with Crippen molar-refractivity contribution in [2.75, 3.05) is 0 Å². The summed E-state index contributed by atoms with van der Waals surface area (Å²) in [5, 5.41) is 13.9. The summed E-state index contributed by atoms with van der Waals surface area (Å²) in [6.07, 6.45) is -1.83. The van der Waals surface area contributed by atoms with Gasteiger partial charge in [0.2, 0.25) is 0 Å². The molecule has 8 heavy (non-hydrogen) atoms. The summed E-state index contributed by atoms with van der Waals surface area (Å²) in [4.78, 5) is 8.56. The minimum Gasteiger partial charge on any atom is -1.00 e. The van der Waals surface area contributed by atoms with Crippen LogP contribution >= 0.6 is 0 Å². The molecule has 0 spiro atoms. The molecule has 0 bridgehead atoms. The molecule has 0 aliphatic carbocycles. The van der Waals surface area contributed by atoms with Crippen molar-refractivity contribution in [3.63, 3.8) is 0 Å². The molecule has 6 N–H and O–H groups in total. The van der Waals surface area contributed by atoms with E-state index in [0.717, 1.165) is 0 Å². The van der Waals surface area contributed by atoms with Gasteiger partial charge in [0.15, 0.2) is 0 Å². The molecule has 0 unspecified atom stereocenters. The van der Waals surface area contributed by atoms with Crippen molar-refractivity contribution < 1.29 is 45.9 Å². The van der Waals surface area contributed by atoms with Gasteiger partial charge in [0.1, 0.15) is 0 Å². The molecule has 52 valence electrons. The van der Waals surface area contributed by atoms with E-state index in [-0.39, 0.29) is 53.9 Å². The van der Waals surface area contributed by atoms with Gasteiger partial charge >= 0.3 is 29.2 Å². The minimum atomic E-state index is -1.83. The molecule has 0 radical (unpaired) electrons. The van der Waals surface area contributed by atoms with E-state index in [1.165, 1.54) is 0 Å². The molecule has 0 saturated carbocycles. The Balaban J connectivity index is -0.00000000300. The Hall–Kier alpha value is 0.476. The van der Waals surface area contributed by atoms with Crippen LogP contribution in [0.4, 0.5) is 4.79 Å². The van der Waals surface area contributed by atoms with E-state index in [4.69, 9.17) is 15.0 Å². The molecule has 0 aromatic heterocycles. The standard InChI is InChI=1S/CH2O3.Fe.Mg.2H2O.2H/c2-1(3)4;;;;;;/h(H2,2,3,4);;;2*1H2;;/q;;+2;;;2*-1. The molecule has 0 rings (SSSR count). The van der Waals surface area contributed by atoms with Crippen molar-refractivity contribution in [3.8, 4) is 0 Å². The maximum Gasteiger partial charge on any atom is 2.00 e. The third-order valence-corrected chi connectivity index (χ3v) is 0. The van der Waals surface area contributed by atoms with Gasteiger partial charge in [0.05, 0.1) is 0 Å². The van der Waals surface area contributed by atoms with Crippen molar-refractivity contribution in [3.05, 3.63) is 0 Å². The zero-order chi connectivity index (χ0) is 3.58. The average molecular weight is 180 g/mol. The number of carbonyl (C=O) groups is 1. The van der Waals surface area contributed by atoms with Crippen LogP contribution in [0.3, 0.4) is 0 Å². The van der Waals surface area contributed by atoms with Gasteiger partial charge in [0.25, 0.3) is 0 Å². The third-order valence-electron chi connectivity index (χ3n) is 0. The number of carboxylic acid groups (broad SMARTS) is 2. The molecule has 0 aliphatic rings. The van der Waals surface area contributed by atoms with E-state index in [2.05, 4.69) is 0 Å². The van der Waals surface area contributed by atoms with Crippen LogP contribution in [0, 0.1) is 0 Å². The second kappa shape index (κ2) is 26.0. The fraction of sp³-hybridized carbons (Fsp3) is 0. The molecular weight excluding hydrogens is 172 g/mol. The Labute approximate surface area is 75.3 Å². The van der Waals surface area contributed by atoms with Crippen LogP contribution < -0.4 is 0 Å². The van der Waals surface area contributed by atoms with Crippen molar-refractivity contribution in [1.29, 1.82) is 0 Å². The van der Waals surface area contributed by atoms with Crippen molar-refractivity contribution in [1.82, 2.24) is 0 Å². The summed E-state index contributed by atoms with van der Waals surface area (Å²) in [5.41, 5.74) is 0. The van der Waals surface area contributed by atoms with Crippen LogP contribution in [0.15, 0.2) is 0 Å². The fourth-order valence-corrected chi connectivity index (χ4v) is 0. The maximum atomic E-state index is 8.56. The summed E-state index contributed by atoms with van der Waals surface area (Å²) in [5.74, 6) is 0. The van der Waals surface area contributed by atoms with Crippen molar-refractivity contribution in [2.45, 2.75) is 0 Å². The predicted octanol–water partition coefficient (Wildman–Crippen LogP) is -1.59. The molecule has 0 aromatic rings. The molecule has 0 aromatic carbocycles. The molecule has 0 heterocycles. The van der Waals surface area contributed by atoms with Gasteiger partial charge in [-0.15, -0.1) is 0 Å². The van der Waals surface area contributed by atoms with E-state index in [1.54, 1.807) is 0 Å². The third kappa shape index (κ3) is 858. The van der Waals surface area contributed by atoms with Crippen LogP contribution in [0.5, 0.6) is 0 Å². The van der Waals surface area contributed by atoms with E-state index in [9.17, 15) is 0 Å². The summed E-state index contributed by atoms with van der Waals surface area (Å²) in [6, 6.07) is 0. The first-order chi connectivity index (χ1) is 1.73. The zero-order valence-corrected chi connectivity index (χ0v) is 6.38. The van der Waals surface area contributed by atoms with Crippen LogP contribution in [0.2, 0.25) is 0 Å². The molecule has 5 nitrogen and oxygen atoms in total. The number of rotatable bonds is 0. The zero-order valence-electron chi connectivity index (χ0n) is 5.86. The maximum absolute atomic E-state index is 8.56. The van der Waals surface area contributed by atoms with Gasteiger partial charge in [-0.25, -0.2) is 4.79 Å². The number of hydrogen-bond donors (Lipinski definition) is 2. The minimum absolute atomic E-state index is 0. The Morgan fingerprint density at radius 3 is 1.25 bits per heavy atom. The van der Waals surface area contributed by atoms with E-state index >= 15 is 0 Å². The van der Waals surface area contributed by atoms with E-state index < -0.39 is 6.16 Å². The monoisotopic (exact) mass is 180 g/mol. The average Bonchev–Trinajstić information content (AvgIpc) is 0.811. The first kappa shape index (κ1) is 39.2. The SMILES string of the molecule is O.O.O=C(O)O.[Fe].[H-].[H-].[Mg+2]. The summed E-state index contributed by atoms with van der Waals surface area (Å²) < 4.78 is 0. The van der Waals surface area contributed by atoms with Gasteiger partial charge in [0, 0.05) is 17.1 Å². The second-order valence-electron chi connectivity index (χ2n) is 0.283. The summed E-state index contributed by atoms with van der Waals surface area (Å²) in [7, 11) is 0. The quantitative estimate of drug-likeness (QED) is 0.437. The van der Waals surface area contributed by atoms with Crippen LogP contribution in [-0.2, 0) is 17.1 Å². The largest absolute Gasteiger partial charge is 2.00 e. The van der Waals surface area contributed by atoms with Gasteiger partial charge < -0.3 is 24.0 Å². The van der Waals surface area contributed by atoms with Gasteiger partial charge in [-0.1, -0.05) is 0 Å². The Bertz CT molecular complexity index is 42.6. The summed E-state index contributed by atoms with van der Waals surface area (Å²) in [6.45, 7) is 0. The van der Waals surface area contributed by atoms with Gasteiger partial charge in [-0.05, 0) is 0 Å². The first-order valence-corrected chi connectivity index (χ1v) is 0.651. The van der Waals surface area contributed by atoms with Gasteiger partial charge in [-0.3, -0.25) is 0 Å². The second-order valence-corrected chi connectivity index (χ2v) is 0.283. The van der Waals surface area contributed by atoms with Crippen LogP contribution in [0.25, 0.3) is 0 Å². The van der Waals surface area contributed by atoms with Gasteiger partial charge in [-0.2, -0.15) is 0 Å². The molecule has 0 atom stereocenters. The molecule has 0 amide bonds. The fourth-order valence-electron chi connectivity index (χ4n) is 0. The smallest absolute Gasteiger partial charge is 1.00 e. The predicted molar refractivity (Wildman–Crippen MR) is 25.9 cm³/mol. The molecule has 0 saturated heterocycles. The number of hydrogen-bond acceptors (Lipinski definition) is 1. The van der Waals surface area contributed by atoms with E-state index in [1.807, 2.05) is 0 Å². The Morgan fingerprint density at radius 2 is 1.25 bits per heavy atom. The molecule has 7 heteroatoms. The Morgan fingerprint density at radius 1 is 1.25 bits per heavy atom. The van der Waals surface area contributed by atoms with Crippen LogP contribution in [-0.4, -0.2) is 50.4 Å². The Kier molecular flexibility index (Phi) is 127. The normalized spacial score (nSPS) is 3.00. The van der Waals surface area contributed by atoms with E-state index in [0.29, 0.717) is 0 Å². The van der Waals surface area contributed by atoms with Crippen LogP contribution in [0.1, 0.15) is 2.85 Å². The van der Waals surface area contributed by atoms with Crippen molar-refractivity contribution >= 4 is 29.2 Å². The summed E-state index contributed by atoms with van der Waals surface area (Å²) >= 11 is 0. The van der Waals surface area contributed by atoms with Crippen molar-refractivity contribution in [2.24, 2.45) is 0 Å². The topological polar surface area (TPSA) is 121 Å². The first-order valence-electron chi connectivity index (χ1n) is 0.651. The molecular formula is CH8FeMgO5. The molecule has 0 aliphatic heterocycles.